The third-order valence-electron chi connectivity index (χ3n) is 4.96. The highest BCUT2D eigenvalue weighted by Crippen LogP contribution is 2.26. The number of carbonyl (C=O) groups is 1. The van der Waals surface area contributed by atoms with Gasteiger partial charge in [-0.05, 0) is 38.6 Å². The number of amides is 1. The summed E-state index contributed by atoms with van der Waals surface area (Å²) in [5, 5.41) is 3.30. The van der Waals surface area contributed by atoms with Gasteiger partial charge in [0.15, 0.2) is 0 Å². The Kier molecular flexibility index (Phi) is 9.30. The molecule has 10 heteroatoms. The Morgan fingerprint density at radius 2 is 1.78 bits per heavy atom. The van der Waals surface area contributed by atoms with Crippen LogP contribution in [0, 0.1) is 0 Å². The summed E-state index contributed by atoms with van der Waals surface area (Å²) < 4.78 is 26.8. The predicted octanol–water partition coefficient (Wildman–Crippen LogP) is 1.23. The quantitative estimate of drug-likeness (QED) is 0.738. The van der Waals surface area contributed by atoms with Crippen LogP contribution in [0.3, 0.4) is 0 Å². The van der Waals surface area contributed by atoms with Crippen molar-refractivity contribution in [2.24, 2.45) is 0 Å². The Hall–Kier alpha value is -1.06. The number of para-hydroxylation sites is 1. The molecule has 2 fully saturated rings. The molecule has 0 aliphatic carbocycles. The summed E-state index contributed by atoms with van der Waals surface area (Å²) in [4.78, 5) is 16.8. The number of benzene rings is 1. The lowest BCUT2D eigenvalue weighted by atomic mass is 10.0. The normalized spacial score (nSPS) is 20.4. The van der Waals surface area contributed by atoms with Crippen LogP contribution in [0.25, 0.3) is 0 Å². The first-order valence-electron chi connectivity index (χ1n) is 8.82. The van der Waals surface area contributed by atoms with Crippen molar-refractivity contribution in [3.05, 3.63) is 24.3 Å². The lowest BCUT2D eigenvalue weighted by molar-refractivity contribution is -0.134. The molecule has 27 heavy (non-hydrogen) atoms. The molecule has 0 spiro atoms. The second-order valence-corrected chi connectivity index (χ2v) is 8.35. The first kappa shape index (κ1) is 24.0. The van der Waals surface area contributed by atoms with E-state index in [-0.39, 0.29) is 41.7 Å². The number of carbonyl (C=O) groups excluding carboxylic acids is 1. The topological polar surface area (TPSA) is 81.8 Å². The molecule has 3 rings (SSSR count). The molecule has 2 saturated heterocycles. The fraction of sp³-hybridized carbons (Fsp3) is 0.588. The van der Waals surface area contributed by atoms with Crippen molar-refractivity contribution in [1.29, 1.82) is 0 Å². The molecule has 0 aromatic heterocycles. The maximum absolute atomic E-state index is 12.6. The molecule has 0 saturated carbocycles. The molecule has 2 aliphatic heterocycles. The lowest BCUT2D eigenvalue weighted by Gasteiger charge is -2.38. The van der Waals surface area contributed by atoms with Gasteiger partial charge in [0.25, 0.3) is 0 Å². The second-order valence-electron chi connectivity index (χ2n) is 6.49. The number of sulfonamides is 1. The van der Waals surface area contributed by atoms with Crippen LogP contribution in [0.5, 0.6) is 0 Å². The van der Waals surface area contributed by atoms with E-state index in [1.54, 1.807) is 12.1 Å². The summed E-state index contributed by atoms with van der Waals surface area (Å²) in [6.07, 6.45) is 3.13. The largest absolute Gasteiger partial charge is 0.367 e. The van der Waals surface area contributed by atoms with Crippen LogP contribution in [-0.4, -0.2) is 65.0 Å². The Labute approximate surface area is 173 Å². The Morgan fingerprint density at radius 1 is 1.11 bits per heavy atom. The molecule has 7 nitrogen and oxygen atoms in total. The van der Waals surface area contributed by atoms with E-state index in [1.807, 2.05) is 21.9 Å². The van der Waals surface area contributed by atoms with Gasteiger partial charge in [0.1, 0.15) is 4.90 Å². The summed E-state index contributed by atoms with van der Waals surface area (Å²) in [5.74, 6) is 0.176. The summed E-state index contributed by atoms with van der Waals surface area (Å²) >= 11 is 0. The predicted molar refractivity (Wildman–Crippen MR) is 112 cm³/mol. The number of nitrogens with one attached hydrogen (secondary N) is 2. The van der Waals surface area contributed by atoms with E-state index in [4.69, 9.17) is 0 Å². The number of hydrogen-bond donors (Lipinski definition) is 2. The van der Waals surface area contributed by atoms with Crippen molar-refractivity contribution in [2.75, 3.05) is 44.7 Å². The zero-order valence-electron chi connectivity index (χ0n) is 15.4. The molecule has 1 aromatic rings. The highest BCUT2D eigenvalue weighted by atomic mass is 35.5. The molecule has 1 aromatic carbocycles. The van der Waals surface area contributed by atoms with Crippen LogP contribution in [0.1, 0.15) is 19.3 Å². The number of hydrogen-bond acceptors (Lipinski definition) is 5. The molecule has 2 heterocycles. The van der Waals surface area contributed by atoms with Gasteiger partial charge in [-0.1, -0.05) is 18.6 Å². The fourth-order valence-electron chi connectivity index (χ4n) is 3.51. The monoisotopic (exact) mass is 438 g/mol. The molecule has 0 radical (unpaired) electrons. The number of nitrogens with zero attached hydrogens (tertiary/aromatic N) is 2. The van der Waals surface area contributed by atoms with E-state index >= 15 is 0 Å². The zero-order valence-corrected chi connectivity index (χ0v) is 17.8. The molecule has 2 N–H and O–H groups in total. The highest BCUT2D eigenvalue weighted by Gasteiger charge is 2.29. The minimum atomic E-state index is -3.51. The van der Waals surface area contributed by atoms with Crippen molar-refractivity contribution in [1.82, 2.24) is 14.9 Å². The van der Waals surface area contributed by atoms with Gasteiger partial charge in [-0.3, -0.25) is 4.79 Å². The number of anilines is 1. The minimum Gasteiger partial charge on any atom is -0.367 e. The Balaban J connectivity index is 0.00000182. The fourth-order valence-corrected chi connectivity index (χ4v) is 4.46. The SMILES string of the molecule is CNS(=O)(=O)c1ccccc1N1CCN(C(=O)C2CCCCN2)CC1.Cl.Cl. The van der Waals surface area contributed by atoms with Crippen LogP contribution >= 0.6 is 24.8 Å². The maximum atomic E-state index is 12.6. The molecule has 0 bridgehead atoms. The standard InChI is InChI=1S/C17H26N4O3S.2ClH/c1-18-25(23,24)16-8-3-2-7-15(16)20-10-12-21(13-11-20)17(22)14-6-4-5-9-19-14;;/h2-3,7-8,14,18-19H,4-6,9-13H2,1H3;2*1H. The molecular formula is C17H28Cl2N4O3S. The maximum Gasteiger partial charge on any atom is 0.242 e. The third-order valence-corrected chi connectivity index (χ3v) is 6.43. The van der Waals surface area contributed by atoms with E-state index in [9.17, 15) is 13.2 Å². The van der Waals surface area contributed by atoms with E-state index in [1.165, 1.54) is 7.05 Å². The van der Waals surface area contributed by atoms with Gasteiger partial charge >= 0.3 is 0 Å². The summed E-state index contributed by atoms with van der Waals surface area (Å²) in [7, 11) is -2.09. The first-order valence-corrected chi connectivity index (χ1v) is 10.3. The van der Waals surface area contributed by atoms with Crippen LogP contribution in [0.15, 0.2) is 29.2 Å². The molecule has 1 atom stereocenters. The van der Waals surface area contributed by atoms with Crippen LogP contribution < -0.4 is 14.9 Å². The molecule has 154 valence electrons. The van der Waals surface area contributed by atoms with Gasteiger partial charge in [0, 0.05) is 26.2 Å². The average molecular weight is 439 g/mol. The molecule has 1 unspecified atom stereocenters. The third kappa shape index (κ3) is 5.48. The van der Waals surface area contributed by atoms with Crippen molar-refractivity contribution < 1.29 is 13.2 Å². The van der Waals surface area contributed by atoms with Crippen molar-refractivity contribution >= 4 is 46.4 Å². The number of rotatable bonds is 4. The van der Waals surface area contributed by atoms with Crippen LogP contribution in [0.4, 0.5) is 5.69 Å². The highest BCUT2D eigenvalue weighted by molar-refractivity contribution is 7.89. The summed E-state index contributed by atoms with van der Waals surface area (Å²) in [6.45, 7) is 3.41. The van der Waals surface area contributed by atoms with Gasteiger partial charge in [-0.2, -0.15) is 0 Å². The zero-order chi connectivity index (χ0) is 17.9. The summed E-state index contributed by atoms with van der Waals surface area (Å²) in [6, 6.07) is 6.95. The average Bonchev–Trinajstić information content (AvgIpc) is 2.68. The van der Waals surface area contributed by atoms with Crippen molar-refractivity contribution in [3.63, 3.8) is 0 Å². The minimum absolute atomic E-state index is 0. The van der Waals surface area contributed by atoms with Crippen molar-refractivity contribution in [3.8, 4) is 0 Å². The van der Waals surface area contributed by atoms with E-state index in [0.29, 0.717) is 31.9 Å². The van der Waals surface area contributed by atoms with E-state index in [0.717, 1.165) is 25.8 Å². The number of piperazine rings is 1. The van der Waals surface area contributed by atoms with Gasteiger partial charge < -0.3 is 15.1 Å². The van der Waals surface area contributed by atoms with Gasteiger partial charge in [0.05, 0.1) is 11.7 Å². The Morgan fingerprint density at radius 3 is 2.37 bits per heavy atom. The molecular weight excluding hydrogens is 411 g/mol. The summed E-state index contributed by atoms with van der Waals surface area (Å²) in [5.41, 5.74) is 0.694. The van der Waals surface area contributed by atoms with Crippen molar-refractivity contribution in [2.45, 2.75) is 30.2 Å². The van der Waals surface area contributed by atoms with Crippen LogP contribution in [-0.2, 0) is 14.8 Å². The van der Waals surface area contributed by atoms with Gasteiger partial charge in [0.2, 0.25) is 15.9 Å². The smallest absolute Gasteiger partial charge is 0.242 e. The van der Waals surface area contributed by atoms with E-state index in [2.05, 4.69) is 10.0 Å². The van der Waals surface area contributed by atoms with Gasteiger partial charge in [-0.15, -0.1) is 24.8 Å². The van der Waals surface area contributed by atoms with E-state index < -0.39 is 10.0 Å². The number of piperidine rings is 1. The molecule has 2 aliphatic rings. The molecule has 1 amide bonds. The Bertz CT molecular complexity index is 719. The van der Waals surface area contributed by atoms with Crippen LogP contribution in [0.2, 0.25) is 0 Å². The lowest BCUT2D eigenvalue weighted by Crippen LogP contribution is -2.55. The number of halogens is 2. The second kappa shape index (κ2) is 10.5. The van der Waals surface area contributed by atoms with Gasteiger partial charge in [-0.25, -0.2) is 13.1 Å². The first-order chi connectivity index (χ1) is 12.0.